The van der Waals surface area contributed by atoms with Crippen molar-refractivity contribution in [2.75, 3.05) is 19.5 Å². The molecule has 0 aliphatic heterocycles. The molecule has 1 aliphatic rings. The molecule has 1 rings (SSSR count). The van der Waals surface area contributed by atoms with Gasteiger partial charge in [0.2, 0.25) is 10.0 Å². The highest BCUT2D eigenvalue weighted by Gasteiger charge is 2.38. The summed E-state index contributed by atoms with van der Waals surface area (Å²) in [5, 5.41) is 8.81. The lowest BCUT2D eigenvalue weighted by molar-refractivity contribution is -0.139. The summed E-state index contributed by atoms with van der Waals surface area (Å²) in [6, 6.07) is -0.980. The van der Waals surface area contributed by atoms with Crippen molar-refractivity contribution >= 4 is 16.0 Å². The van der Waals surface area contributed by atoms with Crippen LogP contribution in [0.15, 0.2) is 0 Å². The van der Waals surface area contributed by atoms with Gasteiger partial charge in [0, 0.05) is 7.11 Å². The van der Waals surface area contributed by atoms with Crippen molar-refractivity contribution in [3.63, 3.8) is 0 Å². The van der Waals surface area contributed by atoms with E-state index in [4.69, 9.17) is 5.11 Å². The monoisotopic (exact) mass is 237 g/mol. The van der Waals surface area contributed by atoms with E-state index in [1.807, 2.05) is 0 Å². The summed E-state index contributed by atoms with van der Waals surface area (Å²) in [5.74, 6) is -1.38. The molecule has 88 valence electrons. The van der Waals surface area contributed by atoms with Crippen LogP contribution in [0.5, 0.6) is 0 Å². The maximum Gasteiger partial charge on any atom is 0.322 e. The quantitative estimate of drug-likeness (QED) is 0.617. The molecular formula is C8H15NO5S. The van der Waals surface area contributed by atoms with E-state index < -0.39 is 22.0 Å². The van der Waals surface area contributed by atoms with Gasteiger partial charge in [-0.1, -0.05) is 0 Å². The molecule has 1 fully saturated rings. The summed E-state index contributed by atoms with van der Waals surface area (Å²) in [4.78, 5) is 10.8. The van der Waals surface area contributed by atoms with E-state index in [9.17, 15) is 13.2 Å². The van der Waals surface area contributed by atoms with E-state index in [1.165, 1.54) is 7.11 Å². The number of aliphatic carboxylic acids is 1. The van der Waals surface area contributed by atoms with Crippen molar-refractivity contribution in [1.29, 1.82) is 0 Å². The lowest BCUT2D eigenvalue weighted by Crippen LogP contribution is -2.43. The molecule has 1 atom stereocenters. The minimum absolute atomic E-state index is 0.0557. The summed E-state index contributed by atoms with van der Waals surface area (Å²) >= 11 is 0. The minimum Gasteiger partial charge on any atom is -0.480 e. The molecule has 6 nitrogen and oxygen atoms in total. The Hall–Kier alpha value is -0.660. The Morgan fingerprint density at radius 3 is 2.60 bits per heavy atom. The predicted molar refractivity (Wildman–Crippen MR) is 52.9 cm³/mol. The highest BCUT2D eigenvalue weighted by atomic mass is 32.2. The van der Waals surface area contributed by atoms with Gasteiger partial charge in [-0.3, -0.25) is 4.79 Å². The molecule has 0 bridgehead atoms. The number of hydrogen-bond acceptors (Lipinski definition) is 4. The van der Waals surface area contributed by atoms with Crippen LogP contribution in [0, 0.1) is 5.92 Å². The second kappa shape index (κ2) is 4.91. The molecule has 7 heteroatoms. The SMILES string of the molecule is COCCS(=O)(=O)NC(C(=O)O)C1CC1. The molecule has 0 aromatic heterocycles. The van der Waals surface area contributed by atoms with Crippen molar-refractivity contribution in [1.82, 2.24) is 4.72 Å². The van der Waals surface area contributed by atoms with Gasteiger partial charge in [0.1, 0.15) is 6.04 Å². The number of carboxylic acids is 1. The normalized spacial score (nSPS) is 18.7. The maximum atomic E-state index is 11.4. The summed E-state index contributed by atoms with van der Waals surface area (Å²) in [7, 11) is -2.15. The zero-order valence-corrected chi connectivity index (χ0v) is 9.29. The van der Waals surface area contributed by atoms with E-state index in [2.05, 4.69) is 9.46 Å². The third-order valence-electron chi connectivity index (χ3n) is 2.22. The van der Waals surface area contributed by atoms with E-state index in [-0.39, 0.29) is 18.3 Å². The average molecular weight is 237 g/mol. The number of carbonyl (C=O) groups is 1. The van der Waals surface area contributed by atoms with Crippen molar-refractivity contribution in [2.24, 2.45) is 5.92 Å². The summed E-state index contributed by atoms with van der Waals surface area (Å²) in [6.07, 6.45) is 1.54. The molecular weight excluding hydrogens is 222 g/mol. The fourth-order valence-corrected chi connectivity index (χ4v) is 2.41. The number of sulfonamides is 1. The molecule has 0 heterocycles. The fraction of sp³-hybridized carbons (Fsp3) is 0.875. The smallest absolute Gasteiger partial charge is 0.322 e. The largest absolute Gasteiger partial charge is 0.480 e. The molecule has 2 N–H and O–H groups in total. The second-order valence-corrected chi connectivity index (χ2v) is 5.46. The Morgan fingerprint density at radius 2 is 2.20 bits per heavy atom. The first kappa shape index (κ1) is 12.4. The van der Waals surface area contributed by atoms with Gasteiger partial charge in [0.25, 0.3) is 0 Å². The Labute approximate surface area is 88.7 Å². The van der Waals surface area contributed by atoms with Crippen LogP contribution >= 0.6 is 0 Å². The zero-order valence-electron chi connectivity index (χ0n) is 8.47. The van der Waals surface area contributed by atoms with E-state index in [1.54, 1.807) is 0 Å². The van der Waals surface area contributed by atoms with Crippen LogP contribution in [0.4, 0.5) is 0 Å². The summed E-state index contributed by atoms with van der Waals surface area (Å²) < 4.78 is 29.6. The summed E-state index contributed by atoms with van der Waals surface area (Å²) in [5.41, 5.74) is 0. The van der Waals surface area contributed by atoms with Gasteiger partial charge < -0.3 is 9.84 Å². The molecule has 1 unspecified atom stereocenters. The molecule has 0 amide bonds. The number of rotatable bonds is 7. The highest BCUT2D eigenvalue weighted by molar-refractivity contribution is 7.89. The first-order chi connectivity index (χ1) is 6.96. The van der Waals surface area contributed by atoms with Gasteiger partial charge in [0.15, 0.2) is 0 Å². The average Bonchev–Trinajstić information content (AvgIpc) is 2.94. The summed E-state index contributed by atoms with van der Waals surface area (Å²) in [6.45, 7) is 0.0618. The van der Waals surface area contributed by atoms with Crippen LogP contribution in [0.3, 0.4) is 0 Å². The van der Waals surface area contributed by atoms with Gasteiger partial charge in [-0.05, 0) is 18.8 Å². The topological polar surface area (TPSA) is 92.7 Å². The van der Waals surface area contributed by atoms with E-state index in [0.717, 1.165) is 12.8 Å². The van der Waals surface area contributed by atoms with Crippen LogP contribution < -0.4 is 4.72 Å². The highest BCUT2D eigenvalue weighted by Crippen LogP contribution is 2.33. The third-order valence-corrected chi connectivity index (χ3v) is 3.54. The first-order valence-corrected chi connectivity index (χ1v) is 6.33. The number of nitrogens with one attached hydrogen (secondary N) is 1. The van der Waals surface area contributed by atoms with Crippen molar-refractivity contribution in [3.8, 4) is 0 Å². The van der Waals surface area contributed by atoms with Gasteiger partial charge in [-0.25, -0.2) is 13.1 Å². The molecule has 0 spiro atoms. The van der Waals surface area contributed by atoms with Crippen molar-refractivity contribution in [2.45, 2.75) is 18.9 Å². The van der Waals surface area contributed by atoms with E-state index >= 15 is 0 Å². The minimum atomic E-state index is -3.55. The number of ether oxygens (including phenoxy) is 1. The van der Waals surface area contributed by atoms with Crippen LogP contribution in [0.1, 0.15) is 12.8 Å². The van der Waals surface area contributed by atoms with Crippen molar-refractivity contribution in [3.05, 3.63) is 0 Å². The first-order valence-electron chi connectivity index (χ1n) is 4.68. The molecule has 0 saturated heterocycles. The molecule has 0 radical (unpaired) electrons. The number of carboxylic acid groups (broad SMARTS) is 1. The number of hydrogen-bond donors (Lipinski definition) is 2. The van der Waals surface area contributed by atoms with Gasteiger partial charge in [-0.2, -0.15) is 0 Å². The van der Waals surface area contributed by atoms with Crippen LogP contribution in [-0.2, 0) is 19.6 Å². The lowest BCUT2D eigenvalue weighted by atomic mass is 10.2. The Morgan fingerprint density at radius 1 is 1.60 bits per heavy atom. The second-order valence-electron chi connectivity index (χ2n) is 3.58. The van der Waals surface area contributed by atoms with Crippen molar-refractivity contribution < 1.29 is 23.1 Å². The predicted octanol–water partition coefficient (Wildman–Crippen LogP) is -0.585. The number of methoxy groups -OCH3 is 1. The Kier molecular flexibility index (Phi) is 4.06. The molecule has 1 saturated carbocycles. The van der Waals surface area contributed by atoms with E-state index in [0.29, 0.717) is 0 Å². The standard InChI is InChI=1S/C8H15NO5S/c1-14-4-5-15(12,13)9-7(8(10)11)6-2-3-6/h6-7,9H,2-5H2,1H3,(H,10,11). The van der Waals surface area contributed by atoms with Crippen LogP contribution in [0.2, 0.25) is 0 Å². The Bertz CT molecular complexity index is 322. The Balaban J connectivity index is 2.53. The third kappa shape index (κ3) is 4.15. The zero-order chi connectivity index (χ0) is 11.5. The molecule has 1 aliphatic carbocycles. The van der Waals surface area contributed by atoms with Crippen LogP contribution in [-0.4, -0.2) is 45.0 Å². The van der Waals surface area contributed by atoms with Crippen LogP contribution in [0.25, 0.3) is 0 Å². The van der Waals surface area contributed by atoms with Gasteiger partial charge in [0.05, 0.1) is 12.4 Å². The molecule has 15 heavy (non-hydrogen) atoms. The molecule has 0 aromatic rings. The van der Waals surface area contributed by atoms with Gasteiger partial charge >= 0.3 is 5.97 Å². The maximum absolute atomic E-state index is 11.4. The fourth-order valence-electron chi connectivity index (χ4n) is 1.22. The molecule has 0 aromatic carbocycles. The van der Waals surface area contributed by atoms with Gasteiger partial charge in [-0.15, -0.1) is 0 Å². The lowest BCUT2D eigenvalue weighted by Gasteiger charge is -2.13.